The van der Waals surface area contributed by atoms with E-state index in [0.717, 1.165) is 19.4 Å². The van der Waals surface area contributed by atoms with Gasteiger partial charge in [0.25, 0.3) is 0 Å². The molecule has 0 radical (unpaired) electrons. The number of benzene rings is 1. The van der Waals surface area contributed by atoms with Crippen LogP contribution >= 0.6 is 0 Å². The molecule has 1 aliphatic rings. The summed E-state index contributed by atoms with van der Waals surface area (Å²) in [6.45, 7) is 8.35. The first-order valence-electron chi connectivity index (χ1n) is 9.29. The number of nitrogens with one attached hydrogen (secondary N) is 1. The van der Waals surface area contributed by atoms with Crippen molar-refractivity contribution >= 4 is 11.8 Å². The van der Waals surface area contributed by atoms with Gasteiger partial charge in [-0.05, 0) is 25.3 Å². The number of piperazine rings is 1. The molecule has 1 N–H and O–H groups in total. The average Bonchev–Trinajstić information content (AvgIpc) is 2.60. The van der Waals surface area contributed by atoms with Gasteiger partial charge in [-0.15, -0.1) is 0 Å². The third-order valence-corrected chi connectivity index (χ3v) is 5.20. The Bertz CT molecular complexity index is 581. The van der Waals surface area contributed by atoms with E-state index in [9.17, 15) is 9.59 Å². The van der Waals surface area contributed by atoms with Gasteiger partial charge in [-0.1, -0.05) is 43.7 Å². The Hall–Kier alpha value is -1.88. The minimum atomic E-state index is -0.389. The molecule has 0 saturated carbocycles. The van der Waals surface area contributed by atoms with Crippen molar-refractivity contribution < 1.29 is 9.59 Å². The van der Waals surface area contributed by atoms with Crippen molar-refractivity contribution in [3.63, 3.8) is 0 Å². The molecule has 0 aromatic heterocycles. The topological polar surface area (TPSA) is 52.7 Å². The van der Waals surface area contributed by atoms with Gasteiger partial charge in [-0.2, -0.15) is 0 Å². The van der Waals surface area contributed by atoms with Crippen LogP contribution in [0, 0.1) is 6.92 Å². The van der Waals surface area contributed by atoms with E-state index in [1.807, 2.05) is 11.9 Å². The summed E-state index contributed by atoms with van der Waals surface area (Å²) in [6.07, 6.45) is 2.11. The van der Waals surface area contributed by atoms with Gasteiger partial charge in [0.2, 0.25) is 11.8 Å². The Balaban J connectivity index is 2.07. The van der Waals surface area contributed by atoms with Gasteiger partial charge in [-0.25, -0.2) is 0 Å². The molecule has 0 spiro atoms. The molecule has 0 bridgehead atoms. The minimum Gasteiger partial charge on any atom is -0.353 e. The predicted molar refractivity (Wildman–Crippen MR) is 100 cm³/mol. The molecule has 1 aliphatic heterocycles. The number of amides is 2. The molecular weight excluding hydrogens is 314 g/mol. The molecule has 25 heavy (non-hydrogen) atoms. The highest BCUT2D eigenvalue weighted by molar-refractivity contribution is 5.88. The Kier molecular flexibility index (Phi) is 7.00. The SMILES string of the molecule is CCC(CC)N(C)C(=O)C[C@H]1C(=O)NCCN1Cc1ccc(C)cc1. The second-order valence-electron chi connectivity index (χ2n) is 6.94. The summed E-state index contributed by atoms with van der Waals surface area (Å²) >= 11 is 0. The fraction of sp³-hybridized carbons (Fsp3) is 0.600. The smallest absolute Gasteiger partial charge is 0.237 e. The molecular formula is C20H31N3O2. The lowest BCUT2D eigenvalue weighted by Crippen LogP contribution is -2.56. The highest BCUT2D eigenvalue weighted by Crippen LogP contribution is 2.17. The van der Waals surface area contributed by atoms with Crippen molar-refractivity contribution in [3.05, 3.63) is 35.4 Å². The normalized spacial score (nSPS) is 18.3. The van der Waals surface area contributed by atoms with Crippen LogP contribution in [0.15, 0.2) is 24.3 Å². The van der Waals surface area contributed by atoms with Crippen molar-refractivity contribution in [2.24, 2.45) is 0 Å². The second-order valence-corrected chi connectivity index (χ2v) is 6.94. The van der Waals surface area contributed by atoms with Gasteiger partial charge in [0.15, 0.2) is 0 Å². The number of nitrogens with zero attached hydrogens (tertiary/aromatic N) is 2. The maximum absolute atomic E-state index is 12.7. The molecule has 1 saturated heterocycles. The average molecular weight is 345 g/mol. The molecule has 1 heterocycles. The highest BCUT2D eigenvalue weighted by atomic mass is 16.2. The van der Waals surface area contributed by atoms with Crippen LogP contribution in [0.1, 0.15) is 44.2 Å². The molecule has 2 rings (SSSR count). The third kappa shape index (κ3) is 5.05. The zero-order chi connectivity index (χ0) is 18.4. The molecule has 138 valence electrons. The summed E-state index contributed by atoms with van der Waals surface area (Å²) in [6, 6.07) is 8.21. The van der Waals surface area contributed by atoms with E-state index < -0.39 is 0 Å². The van der Waals surface area contributed by atoms with Crippen LogP contribution in [0.3, 0.4) is 0 Å². The Labute approximate surface area is 151 Å². The first-order valence-corrected chi connectivity index (χ1v) is 9.29. The zero-order valence-corrected chi connectivity index (χ0v) is 15.9. The number of hydrogen-bond acceptors (Lipinski definition) is 3. The van der Waals surface area contributed by atoms with E-state index in [1.165, 1.54) is 11.1 Å². The molecule has 5 heteroatoms. The van der Waals surface area contributed by atoms with E-state index in [1.54, 1.807) is 0 Å². The molecule has 1 atom stereocenters. The lowest BCUT2D eigenvalue weighted by atomic mass is 10.0. The van der Waals surface area contributed by atoms with Gasteiger partial charge >= 0.3 is 0 Å². The molecule has 2 amide bonds. The van der Waals surface area contributed by atoms with Crippen LogP contribution in [0.5, 0.6) is 0 Å². The van der Waals surface area contributed by atoms with Crippen molar-refractivity contribution in [1.29, 1.82) is 0 Å². The summed E-state index contributed by atoms with van der Waals surface area (Å²) in [5, 5.41) is 2.91. The lowest BCUT2D eigenvalue weighted by Gasteiger charge is -2.36. The Morgan fingerprint density at radius 2 is 1.92 bits per heavy atom. The van der Waals surface area contributed by atoms with Crippen LogP contribution in [-0.2, 0) is 16.1 Å². The number of rotatable bonds is 7. The lowest BCUT2D eigenvalue weighted by molar-refractivity contribution is -0.139. The van der Waals surface area contributed by atoms with Gasteiger partial charge < -0.3 is 10.2 Å². The van der Waals surface area contributed by atoms with E-state index in [4.69, 9.17) is 0 Å². The minimum absolute atomic E-state index is 0.0374. The van der Waals surface area contributed by atoms with Gasteiger partial charge in [0.1, 0.15) is 0 Å². The standard InChI is InChI=1S/C20H31N3O2/c1-5-17(6-2)22(4)19(24)13-18-20(25)21-11-12-23(18)14-16-9-7-15(3)8-10-16/h7-10,17-18H,5-6,11-14H2,1-4H3,(H,21,25)/t18-/m0/s1. The van der Waals surface area contributed by atoms with Crippen LogP contribution in [0.4, 0.5) is 0 Å². The zero-order valence-electron chi connectivity index (χ0n) is 15.9. The summed E-state index contributed by atoms with van der Waals surface area (Å²) in [5.41, 5.74) is 2.39. The van der Waals surface area contributed by atoms with Crippen LogP contribution in [-0.4, -0.2) is 53.8 Å². The highest BCUT2D eigenvalue weighted by Gasteiger charge is 2.33. The maximum atomic E-state index is 12.7. The van der Waals surface area contributed by atoms with Crippen LogP contribution in [0.2, 0.25) is 0 Å². The van der Waals surface area contributed by atoms with E-state index >= 15 is 0 Å². The monoisotopic (exact) mass is 345 g/mol. The Morgan fingerprint density at radius 1 is 1.28 bits per heavy atom. The van der Waals surface area contributed by atoms with Crippen LogP contribution < -0.4 is 5.32 Å². The first kappa shape index (κ1) is 19.4. The molecule has 1 aromatic carbocycles. The summed E-state index contributed by atoms with van der Waals surface area (Å²) < 4.78 is 0. The Morgan fingerprint density at radius 3 is 2.52 bits per heavy atom. The number of aryl methyl sites for hydroxylation is 1. The van der Waals surface area contributed by atoms with Crippen molar-refractivity contribution in [2.75, 3.05) is 20.1 Å². The van der Waals surface area contributed by atoms with Crippen molar-refractivity contribution in [3.8, 4) is 0 Å². The number of carbonyl (C=O) groups is 2. The molecule has 5 nitrogen and oxygen atoms in total. The van der Waals surface area contributed by atoms with Gasteiger partial charge in [-0.3, -0.25) is 14.5 Å². The first-order chi connectivity index (χ1) is 12.0. The number of hydrogen-bond donors (Lipinski definition) is 1. The summed E-state index contributed by atoms with van der Waals surface area (Å²) in [7, 11) is 1.85. The van der Waals surface area contributed by atoms with Gasteiger partial charge in [0, 0.05) is 32.7 Å². The fourth-order valence-electron chi connectivity index (χ4n) is 3.45. The second kappa shape index (κ2) is 8.99. The third-order valence-electron chi connectivity index (χ3n) is 5.20. The predicted octanol–water partition coefficient (Wildman–Crippen LogP) is 2.33. The van der Waals surface area contributed by atoms with E-state index in [2.05, 4.69) is 55.3 Å². The molecule has 1 fully saturated rings. The molecule has 0 unspecified atom stereocenters. The van der Waals surface area contributed by atoms with Crippen LogP contribution in [0.25, 0.3) is 0 Å². The quantitative estimate of drug-likeness (QED) is 0.825. The molecule has 0 aliphatic carbocycles. The maximum Gasteiger partial charge on any atom is 0.237 e. The van der Waals surface area contributed by atoms with E-state index in [0.29, 0.717) is 13.1 Å². The molecule has 1 aromatic rings. The summed E-state index contributed by atoms with van der Waals surface area (Å²) in [4.78, 5) is 29.0. The summed E-state index contributed by atoms with van der Waals surface area (Å²) in [5.74, 6) is 0.00862. The fourth-order valence-corrected chi connectivity index (χ4v) is 3.45. The van der Waals surface area contributed by atoms with Crippen molar-refractivity contribution in [1.82, 2.24) is 15.1 Å². The van der Waals surface area contributed by atoms with E-state index in [-0.39, 0.29) is 30.3 Å². The van der Waals surface area contributed by atoms with Crippen molar-refractivity contribution in [2.45, 2.75) is 58.7 Å². The largest absolute Gasteiger partial charge is 0.353 e. The number of carbonyl (C=O) groups excluding carboxylic acids is 2. The van der Waals surface area contributed by atoms with Gasteiger partial charge in [0.05, 0.1) is 12.5 Å².